The minimum Gasteiger partial charge on any atom is -0.460 e. The summed E-state index contributed by atoms with van der Waals surface area (Å²) >= 11 is 1.37. The monoisotopic (exact) mass is 268 g/mol. The summed E-state index contributed by atoms with van der Waals surface area (Å²) in [5, 5.41) is 4.35. The number of aromatic nitrogens is 3. The maximum absolute atomic E-state index is 11.4. The number of esters is 1. The van der Waals surface area contributed by atoms with Crippen molar-refractivity contribution < 1.29 is 14.1 Å². The summed E-state index contributed by atoms with van der Waals surface area (Å²) in [4.78, 5) is 20.3. The molecule has 0 fully saturated rings. The van der Waals surface area contributed by atoms with Gasteiger partial charge in [-0.1, -0.05) is 0 Å². The van der Waals surface area contributed by atoms with Gasteiger partial charge in [0.15, 0.2) is 0 Å². The quantitative estimate of drug-likeness (QED) is 0.829. The lowest BCUT2D eigenvalue weighted by Crippen LogP contribution is -2.06. The number of thiazole rings is 1. The molecule has 0 unspecified atom stereocenters. The van der Waals surface area contributed by atoms with E-state index in [-0.39, 0.29) is 18.3 Å². The van der Waals surface area contributed by atoms with Crippen molar-refractivity contribution in [2.24, 2.45) is 5.73 Å². The van der Waals surface area contributed by atoms with Crippen LogP contribution in [0.3, 0.4) is 0 Å². The highest BCUT2D eigenvalue weighted by molar-refractivity contribution is 7.15. The molecule has 8 heteroatoms. The Morgan fingerprint density at radius 1 is 1.50 bits per heavy atom. The second-order valence-corrected chi connectivity index (χ2v) is 4.45. The van der Waals surface area contributed by atoms with E-state index >= 15 is 0 Å². The Balaban J connectivity index is 2.28. The first-order valence-corrected chi connectivity index (χ1v) is 6.15. The molecule has 2 rings (SSSR count). The molecule has 0 aliphatic carbocycles. The van der Waals surface area contributed by atoms with Gasteiger partial charge in [-0.15, -0.1) is 11.3 Å². The van der Waals surface area contributed by atoms with Gasteiger partial charge < -0.3 is 15.0 Å². The SMILES string of the molecule is CCOC(=O)c1noc(-c2sc(CN)nc2C)n1. The van der Waals surface area contributed by atoms with Crippen LogP contribution >= 0.6 is 11.3 Å². The van der Waals surface area contributed by atoms with Gasteiger partial charge in [-0.2, -0.15) is 4.98 Å². The molecule has 0 radical (unpaired) electrons. The molecule has 7 nitrogen and oxygen atoms in total. The van der Waals surface area contributed by atoms with E-state index in [4.69, 9.17) is 15.0 Å². The van der Waals surface area contributed by atoms with Gasteiger partial charge in [0.05, 0.1) is 12.3 Å². The van der Waals surface area contributed by atoms with Crippen LogP contribution in [-0.4, -0.2) is 27.7 Å². The van der Waals surface area contributed by atoms with Crippen molar-refractivity contribution in [3.63, 3.8) is 0 Å². The Hall–Kier alpha value is -1.80. The first-order chi connectivity index (χ1) is 8.65. The molecule has 96 valence electrons. The molecular weight excluding hydrogens is 256 g/mol. The van der Waals surface area contributed by atoms with Gasteiger partial charge in [-0.25, -0.2) is 9.78 Å². The van der Waals surface area contributed by atoms with E-state index in [0.717, 1.165) is 15.6 Å². The van der Waals surface area contributed by atoms with E-state index < -0.39 is 5.97 Å². The molecular formula is C10H12N4O3S. The highest BCUT2D eigenvalue weighted by Gasteiger charge is 2.20. The van der Waals surface area contributed by atoms with E-state index in [0.29, 0.717) is 6.54 Å². The van der Waals surface area contributed by atoms with Crippen molar-refractivity contribution >= 4 is 17.3 Å². The minimum atomic E-state index is -0.603. The first kappa shape index (κ1) is 12.7. The highest BCUT2D eigenvalue weighted by atomic mass is 32.1. The third-order valence-corrected chi connectivity index (χ3v) is 3.26. The molecule has 0 aromatic carbocycles. The summed E-state index contributed by atoms with van der Waals surface area (Å²) in [5.74, 6) is -0.435. The number of nitrogens with zero attached hydrogens (tertiary/aromatic N) is 3. The fourth-order valence-electron chi connectivity index (χ4n) is 1.33. The molecule has 0 spiro atoms. The fraction of sp³-hybridized carbons (Fsp3) is 0.400. The van der Waals surface area contributed by atoms with E-state index in [2.05, 4.69) is 15.1 Å². The molecule has 2 N–H and O–H groups in total. The topological polar surface area (TPSA) is 104 Å². The molecule has 2 aromatic heterocycles. The number of aryl methyl sites for hydroxylation is 1. The van der Waals surface area contributed by atoms with Crippen LogP contribution in [0.2, 0.25) is 0 Å². The summed E-state index contributed by atoms with van der Waals surface area (Å²) in [5.41, 5.74) is 6.26. The lowest BCUT2D eigenvalue weighted by molar-refractivity contribution is 0.0508. The van der Waals surface area contributed by atoms with Crippen LogP contribution in [0, 0.1) is 6.92 Å². The molecule has 2 aromatic rings. The van der Waals surface area contributed by atoms with Crippen LogP contribution in [0.15, 0.2) is 4.52 Å². The Kier molecular flexibility index (Phi) is 3.68. The molecule has 0 saturated carbocycles. The van der Waals surface area contributed by atoms with Gasteiger partial charge >= 0.3 is 5.97 Å². The third kappa shape index (κ3) is 2.39. The Morgan fingerprint density at radius 2 is 2.28 bits per heavy atom. The molecule has 0 amide bonds. The lowest BCUT2D eigenvalue weighted by Gasteiger charge is -1.93. The standard InChI is InChI=1S/C10H12N4O3S/c1-3-16-10(15)8-13-9(17-14-8)7-5(2)12-6(4-11)18-7/h3-4,11H2,1-2H3. The first-order valence-electron chi connectivity index (χ1n) is 5.33. The van der Waals surface area contributed by atoms with Gasteiger partial charge in [-0.05, 0) is 19.0 Å². The average Bonchev–Trinajstić information content (AvgIpc) is 2.95. The molecule has 0 bridgehead atoms. The Labute approximate surface area is 107 Å². The van der Waals surface area contributed by atoms with Gasteiger partial charge in [0, 0.05) is 6.54 Å². The second-order valence-electron chi connectivity index (χ2n) is 3.37. The summed E-state index contributed by atoms with van der Waals surface area (Å²) in [6, 6.07) is 0. The van der Waals surface area contributed by atoms with Crippen LogP contribution in [0.25, 0.3) is 10.8 Å². The van der Waals surface area contributed by atoms with E-state index in [1.807, 2.05) is 6.92 Å². The Bertz CT molecular complexity index is 563. The van der Waals surface area contributed by atoms with Crippen molar-refractivity contribution in [3.8, 4) is 10.8 Å². The van der Waals surface area contributed by atoms with Gasteiger partial charge in [0.2, 0.25) is 0 Å². The van der Waals surface area contributed by atoms with Crippen molar-refractivity contribution in [3.05, 3.63) is 16.5 Å². The molecule has 2 heterocycles. The second kappa shape index (κ2) is 5.23. The predicted molar refractivity (Wildman–Crippen MR) is 64.0 cm³/mol. The van der Waals surface area contributed by atoms with Crippen molar-refractivity contribution in [2.45, 2.75) is 20.4 Å². The predicted octanol–water partition coefficient (Wildman–Crippen LogP) is 1.14. The van der Waals surface area contributed by atoms with Crippen LogP contribution in [0.5, 0.6) is 0 Å². The highest BCUT2D eigenvalue weighted by Crippen LogP contribution is 2.28. The number of carbonyl (C=O) groups excluding carboxylic acids is 1. The largest absolute Gasteiger partial charge is 0.460 e. The Morgan fingerprint density at radius 3 is 2.89 bits per heavy atom. The third-order valence-electron chi connectivity index (χ3n) is 2.09. The van der Waals surface area contributed by atoms with Crippen LogP contribution < -0.4 is 5.73 Å². The zero-order chi connectivity index (χ0) is 13.1. The minimum absolute atomic E-state index is 0.0889. The van der Waals surface area contributed by atoms with E-state index in [9.17, 15) is 4.79 Å². The van der Waals surface area contributed by atoms with E-state index in [1.165, 1.54) is 11.3 Å². The number of nitrogens with two attached hydrogens (primary N) is 1. The van der Waals surface area contributed by atoms with Crippen molar-refractivity contribution in [1.29, 1.82) is 0 Å². The number of ether oxygens (including phenoxy) is 1. The molecule has 0 aliphatic heterocycles. The normalized spacial score (nSPS) is 10.6. The smallest absolute Gasteiger partial charge is 0.379 e. The fourth-order valence-corrected chi connectivity index (χ4v) is 2.20. The summed E-state index contributed by atoms with van der Waals surface area (Å²) in [6.07, 6.45) is 0. The summed E-state index contributed by atoms with van der Waals surface area (Å²) in [7, 11) is 0. The summed E-state index contributed by atoms with van der Waals surface area (Å²) in [6.45, 7) is 4.14. The molecule has 0 atom stereocenters. The van der Waals surface area contributed by atoms with E-state index in [1.54, 1.807) is 6.92 Å². The summed E-state index contributed by atoms with van der Waals surface area (Å²) < 4.78 is 9.80. The van der Waals surface area contributed by atoms with Gasteiger partial charge in [-0.3, -0.25) is 0 Å². The van der Waals surface area contributed by atoms with Gasteiger partial charge in [0.1, 0.15) is 9.88 Å². The zero-order valence-electron chi connectivity index (χ0n) is 9.97. The van der Waals surface area contributed by atoms with Crippen LogP contribution in [-0.2, 0) is 11.3 Å². The van der Waals surface area contributed by atoms with Crippen LogP contribution in [0.1, 0.15) is 28.2 Å². The number of rotatable bonds is 4. The molecule has 0 saturated heterocycles. The van der Waals surface area contributed by atoms with Crippen LogP contribution in [0.4, 0.5) is 0 Å². The maximum atomic E-state index is 11.4. The average molecular weight is 268 g/mol. The molecule has 18 heavy (non-hydrogen) atoms. The number of carbonyl (C=O) groups is 1. The van der Waals surface area contributed by atoms with Gasteiger partial charge in [0.25, 0.3) is 11.7 Å². The van der Waals surface area contributed by atoms with Crippen molar-refractivity contribution in [1.82, 2.24) is 15.1 Å². The maximum Gasteiger partial charge on any atom is 0.379 e. The molecule has 0 aliphatic rings. The van der Waals surface area contributed by atoms with Crippen molar-refractivity contribution in [2.75, 3.05) is 6.61 Å². The number of hydrogen-bond acceptors (Lipinski definition) is 8. The zero-order valence-corrected chi connectivity index (χ0v) is 10.8. The lowest BCUT2D eigenvalue weighted by atomic mass is 10.4. The number of hydrogen-bond donors (Lipinski definition) is 1.